The van der Waals surface area contributed by atoms with Crippen LogP contribution in [0.3, 0.4) is 0 Å². The molecule has 1 aromatic heterocycles. The van der Waals surface area contributed by atoms with E-state index in [0.717, 1.165) is 16.0 Å². The maximum Gasteiger partial charge on any atom is 0.327 e. The minimum absolute atomic E-state index is 0.203. The fraction of sp³-hybridized carbons (Fsp3) is 0.412. The number of β-amino-alcohol motifs (C(OH)–C–C–N with tert-alkyl or cyclic N) is 1. The topological polar surface area (TPSA) is 150 Å². The second-order valence-corrected chi connectivity index (χ2v) is 7.56. The number of aromatic nitrogens is 2. The second-order valence-electron chi connectivity index (χ2n) is 6.51. The van der Waals surface area contributed by atoms with Crippen molar-refractivity contribution >= 4 is 23.3 Å². The molecule has 0 unspecified atom stereocenters. The molecule has 0 spiro atoms. The number of aliphatic hydroxyl groups is 4. The van der Waals surface area contributed by atoms with Gasteiger partial charge in [0.15, 0.2) is 0 Å². The molecular formula is C17H21N3O6S. The standard InChI is InChI=1S/C17H21N3O6S/c1-7-3-9-12(4-8(7)2)27-14-15(18-17(26)19-16(14)25)20(9)5-10(22)13(24)11(23)6-21/h3-4,10-11,13,21-24H,5-6H2,1-2H3,(H2,18,19,25,26)/t10-,11+,13-/m0/s1. The van der Waals surface area contributed by atoms with E-state index in [1.165, 1.54) is 16.7 Å². The van der Waals surface area contributed by atoms with E-state index in [1.54, 1.807) is 0 Å². The van der Waals surface area contributed by atoms with Gasteiger partial charge in [-0.05, 0) is 37.1 Å². The third kappa shape index (κ3) is 3.66. The Morgan fingerprint density at radius 1 is 1.07 bits per heavy atom. The number of aliphatic hydroxyl groups excluding tert-OH is 4. The molecule has 0 fully saturated rings. The molecule has 0 saturated carbocycles. The Balaban J connectivity index is 2.11. The molecule has 0 saturated heterocycles. The molecule has 3 atom stereocenters. The van der Waals surface area contributed by atoms with Gasteiger partial charge in [0.1, 0.15) is 29.0 Å². The van der Waals surface area contributed by atoms with Gasteiger partial charge in [-0.2, -0.15) is 0 Å². The number of hydrogen-bond donors (Lipinski definition) is 6. The average molecular weight is 395 g/mol. The fourth-order valence-corrected chi connectivity index (χ4v) is 4.03. The van der Waals surface area contributed by atoms with Crippen LogP contribution in [0.2, 0.25) is 0 Å². The summed E-state index contributed by atoms with van der Waals surface area (Å²) in [7, 11) is 0. The van der Waals surface area contributed by atoms with Crippen molar-refractivity contribution in [3.8, 4) is 0 Å². The molecule has 1 aromatic carbocycles. The van der Waals surface area contributed by atoms with Crippen LogP contribution < -0.4 is 16.1 Å². The SMILES string of the molecule is Cc1cc2c(cc1C)N(C[C@H](O)[C@H](O)[C@H](O)CO)c1[nH]c(=O)[nH]c(=O)c1S2. The van der Waals surface area contributed by atoms with Crippen molar-refractivity contribution in [2.24, 2.45) is 0 Å². The number of rotatable bonds is 5. The molecule has 0 aliphatic carbocycles. The maximum absolute atomic E-state index is 12.3. The number of H-pyrrole nitrogens is 2. The van der Waals surface area contributed by atoms with Crippen LogP contribution in [0.15, 0.2) is 31.5 Å². The van der Waals surface area contributed by atoms with Crippen molar-refractivity contribution in [1.82, 2.24) is 9.97 Å². The van der Waals surface area contributed by atoms with E-state index in [0.29, 0.717) is 5.69 Å². The smallest absolute Gasteiger partial charge is 0.327 e. The van der Waals surface area contributed by atoms with Gasteiger partial charge in [0.25, 0.3) is 5.56 Å². The van der Waals surface area contributed by atoms with E-state index in [9.17, 15) is 24.9 Å². The Bertz CT molecular complexity index is 972. The molecule has 6 N–H and O–H groups in total. The largest absolute Gasteiger partial charge is 0.394 e. The van der Waals surface area contributed by atoms with Crippen LogP contribution in [-0.4, -0.2) is 61.9 Å². The molecule has 1 aliphatic rings. The molecule has 9 nitrogen and oxygen atoms in total. The molecule has 10 heteroatoms. The zero-order valence-corrected chi connectivity index (χ0v) is 15.6. The minimum Gasteiger partial charge on any atom is -0.394 e. The summed E-state index contributed by atoms with van der Waals surface area (Å²) < 4.78 is 0. The first-order chi connectivity index (χ1) is 12.7. The molecule has 146 valence electrons. The van der Waals surface area contributed by atoms with Crippen LogP contribution in [-0.2, 0) is 0 Å². The Hall–Kier alpha value is -2.11. The summed E-state index contributed by atoms with van der Waals surface area (Å²) in [6.07, 6.45) is -4.56. The van der Waals surface area contributed by atoms with E-state index < -0.39 is 36.2 Å². The van der Waals surface area contributed by atoms with Gasteiger partial charge < -0.3 is 25.3 Å². The van der Waals surface area contributed by atoms with Crippen LogP contribution >= 0.6 is 11.8 Å². The number of benzene rings is 1. The van der Waals surface area contributed by atoms with Gasteiger partial charge in [0, 0.05) is 4.90 Å². The normalized spacial score (nSPS) is 16.4. The third-order valence-corrected chi connectivity index (χ3v) is 5.70. The van der Waals surface area contributed by atoms with Crippen LogP contribution in [0.1, 0.15) is 11.1 Å². The Kier molecular flexibility index (Phi) is 5.45. The summed E-state index contributed by atoms with van der Waals surface area (Å²) in [5, 5.41) is 38.9. The predicted octanol–water partition coefficient (Wildman–Crippen LogP) is -0.642. The lowest BCUT2D eigenvalue weighted by molar-refractivity contribution is -0.0727. The molecule has 27 heavy (non-hydrogen) atoms. The van der Waals surface area contributed by atoms with Crippen molar-refractivity contribution in [1.29, 1.82) is 0 Å². The van der Waals surface area contributed by atoms with E-state index in [2.05, 4.69) is 9.97 Å². The van der Waals surface area contributed by atoms with Crippen molar-refractivity contribution < 1.29 is 20.4 Å². The lowest BCUT2D eigenvalue weighted by Crippen LogP contribution is -2.46. The van der Waals surface area contributed by atoms with Crippen molar-refractivity contribution in [2.75, 3.05) is 18.1 Å². The highest BCUT2D eigenvalue weighted by molar-refractivity contribution is 7.99. The quantitative estimate of drug-likeness (QED) is 0.391. The summed E-state index contributed by atoms with van der Waals surface area (Å²) >= 11 is 1.20. The van der Waals surface area contributed by atoms with Crippen LogP contribution in [0.25, 0.3) is 0 Å². The van der Waals surface area contributed by atoms with E-state index in [4.69, 9.17) is 5.11 Å². The van der Waals surface area contributed by atoms with Crippen LogP contribution in [0.4, 0.5) is 11.5 Å². The maximum atomic E-state index is 12.3. The second kappa shape index (κ2) is 7.49. The zero-order chi connectivity index (χ0) is 19.9. The number of fused-ring (bicyclic) bond motifs is 2. The van der Waals surface area contributed by atoms with Gasteiger partial charge in [-0.15, -0.1) is 0 Å². The summed E-state index contributed by atoms with van der Waals surface area (Å²) in [6.45, 7) is 2.93. The lowest BCUT2D eigenvalue weighted by Gasteiger charge is -2.35. The molecular weight excluding hydrogens is 374 g/mol. The number of aromatic amines is 2. The first-order valence-corrected chi connectivity index (χ1v) is 9.13. The molecule has 0 amide bonds. The van der Waals surface area contributed by atoms with Crippen molar-refractivity contribution in [3.63, 3.8) is 0 Å². The van der Waals surface area contributed by atoms with Gasteiger partial charge in [0.2, 0.25) is 0 Å². The van der Waals surface area contributed by atoms with Crippen molar-refractivity contribution in [2.45, 2.75) is 42.0 Å². The number of hydrogen-bond acceptors (Lipinski definition) is 8. The third-order valence-electron chi connectivity index (χ3n) is 4.57. The van der Waals surface area contributed by atoms with Gasteiger partial charge in [0.05, 0.1) is 18.8 Å². The monoisotopic (exact) mass is 395 g/mol. The highest BCUT2D eigenvalue weighted by Gasteiger charge is 2.32. The summed E-state index contributed by atoms with van der Waals surface area (Å²) in [4.78, 5) is 31.3. The minimum atomic E-state index is -1.60. The molecule has 1 aliphatic heterocycles. The highest BCUT2D eigenvalue weighted by Crippen LogP contribution is 2.46. The van der Waals surface area contributed by atoms with Gasteiger partial charge in [-0.25, -0.2) is 4.79 Å². The molecule has 0 radical (unpaired) electrons. The van der Waals surface area contributed by atoms with E-state index in [-0.39, 0.29) is 17.3 Å². The first kappa shape index (κ1) is 19.6. The number of anilines is 2. The highest BCUT2D eigenvalue weighted by atomic mass is 32.2. The Morgan fingerprint density at radius 3 is 2.41 bits per heavy atom. The average Bonchev–Trinajstić information content (AvgIpc) is 2.62. The predicted molar refractivity (Wildman–Crippen MR) is 99.8 cm³/mol. The van der Waals surface area contributed by atoms with Gasteiger partial charge >= 0.3 is 5.69 Å². The van der Waals surface area contributed by atoms with Crippen LogP contribution in [0, 0.1) is 13.8 Å². The fourth-order valence-electron chi connectivity index (χ4n) is 2.89. The first-order valence-electron chi connectivity index (χ1n) is 8.31. The van der Waals surface area contributed by atoms with Gasteiger partial charge in [-0.3, -0.25) is 14.8 Å². The number of aryl methyl sites for hydroxylation is 2. The lowest BCUT2D eigenvalue weighted by atomic mass is 10.1. The van der Waals surface area contributed by atoms with Gasteiger partial charge in [-0.1, -0.05) is 11.8 Å². The summed E-state index contributed by atoms with van der Waals surface area (Å²) in [5.74, 6) is 0.203. The number of nitrogens with one attached hydrogen (secondary N) is 2. The molecule has 2 heterocycles. The molecule has 2 aromatic rings. The van der Waals surface area contributed by atoms with Crippen LogP contribution in [0.5, 0.6) is 0 Å². The molecule has 0 bridgehead atoms. The summed E-state index contributed by atoms with van der Waals surface area (Å²) in [5.41, 5.74) is 1.39. The summed E-state index contributed by atoms with van der Waals surface area (Å²) in [6, 6.07) is 3.77. The van der Waals surface area contributed by atoms with E-state index >= 15 is 0 Å². The Morgan fingerprint density at radius 2 is 1.74 bits per heavy atom. The van der Waals surface area contributed by atoms with E-state index in [1.807, 2.05) is 26.0 Å². The Labute approximate surface area is 158 Å². The molecule has 3 rings (SSSR count). The zero-order valence-electron chi connectivity index (χ0n) is 14.8. The van der Waals surface area contributed by atoms with Crippen molar-refractivity contribution in [3.05, 3.63) is 44.1 Å². The number of nitrogens with zero attached hydrogens (tertiary/aromatic N) is 1.